The molecule has 0 aliphatic heterocycles. The van der Waals surface area contributed by atoms with Gasteiger partial charge in [0.2, 0.25) is 5.91 Å². The van der Waals surface area contributed by atoms with Crippen LogP contribution < -0.4 is 5.32 Å². The molecule has 0 saturated heterocycles. The number of carbonyl (C=O) groups excluding carboxylic acids is 1. The summed E-state index contributed by atoms with van der Waals surface area (Å²) in [4.78, 5) is 14.0. The van der Waals surface area contributed by atoms with E-state index in [4.69, 9.17) is 0 Å². The first-order valence-electron chi connectivity index (χ1n) is 11.8. The quantitative estimate of drug-likeness (QED) is 0.650. The highest BCUT2D eigenvalue weighted by molar-refractivity contribution is 5.84. The fourth-order valence-electron chi connectivity index (χ4n) is 11.7. The second-order valence-corrected chi connectivity index (χ2v) is 14.3. The number of carbonyl (C=O) groups is 1. The number of hydrogen-bond acceptors (Lipinski definition) is 1. The molecule has 150 valence electrons. The zero-order chi connectivity index (χ0) is 18.9. The fourth-order valence-corrected chi connectivity index (χ4v) is 11.7. The second kappa shape index (κ2) is 4.62. The van der Waals surface area contributed by atoms with Crippen molar-refractivity contribution in [2.45, 2.75) is 110 Å². The maximum atomic E-state index is 14.0. The van der Waals surface area contributed by atoms with Gasteiger partial charge >= 0.3 is 0 Å². The third kappa shape index (κ3) is 2.40. The van der Waals surface area contributed by atoms with Gasteiger partial charge in [0, 0.05) is 5.54 Å². The molecule has 0 radical (unpaired) electrons. The van der Waals surface area contributed by atoms with Crippen molar-refractivity contribution in [2.75, 3.05) is 0 Å². The van der Waals surface area contributed by atoms with Crippen molar-refractivity contribution < 1.29 is 4.79 Å². The van der Waals surface area contributed by atoms with Gasteiger partial charge < -0.3 is 5.32 Å². The Morgan fingerprint density at radius 3 is 1.52 bits per heavy atom. The topological polar surface area (TPSA) is 29.1 Å². The van der Waals surface area contributed by atoms with Crippen molar-refractivity contribution in [2.24, 2.45) is 38.9 Å². The summed E-state index contributed by atoms with van der Waals surface area (Å²) in [5, 5.41) is 3.83. The lowest BCUT2D eigenvalue weighted by atomic mass is 9.39. The summed E-state index contributed by atoms with van der Waals surface area (Å²) in [6.45, 7) is 10.0. The Labute approximate surface area is 165 Å². The van der Waals surface area contributed by atoms with Gasteiger partial charge in [-0.2, -0.15) is 0 Å². The van der Waals surface area contributed by atoms with Crippen LogP contribution in [0.15, 0.2) is 0 Å². The van der Waals surface area contributed by atoms with Crippen molar-refractivity contribution in [1.82, 2.24) is 5.32 Å². The van der Waals surface area contributed by atoms with Crippen LogP contribution in [-0.4, -0.2) is 11.4 Å². The molecule has 0 aromatic heterocycles. The van der Waals surface area contributed by atoms with Crippen LogP contribution in [0.2, 0.25) is 0 Å². The molecule has 1 amide bonds. The summed E-state index contributed by atoms with van der Waals surface area (Å²) in [5.41, 5.74) is 1.86. The zero-order valence-electron chi connectivity index (χ0n) is 18.0. The standard InChI is InChI=1S/C25H39NO/c1-20-5-17-6-21(2,11-20)14-24(9-17,13-20)19(27)26-25-10-18-7-22(3,15-25)12-23(4,8-18)16-25/h17-18H,5-16H2,1-4H3,(H,26,27). The molecule has 2 nitrogen and oxygen atoms in total. The highest BCUT2D eigenvalue weighted by atomic mass is 16.2. The lowest BCUT2D eigenvalue weighted by Gasteiger charge is -2.67. The summed E-state index contributed by atoms with van der Waals surface area (Å²) in [5.74, 6) is 2.12. The molecule has 8 fully saturated rings. The Hall–Kier alpha value is -0.530. The second-order valence-electron chi connectivity index (χ2n) is 14.3. The molecule has 8 rings (SSSR count). The van der Waals surface area contributed by atoms with Gasteiger partial charge in [0.1, 0.15) is 0 Å². The van der Waals surface area contributed by atoms with Crippen LogP contribution in [0.3, 0.4) is 0 Å². The molecule has 1 N–H and O–H groups in total. The Morgan fingerprint density at radius 2 is 1.07 bits per heavy atom. The Balaban J connectivity index is 1.31. The zero-order valence-corrected chi connectivity index (χ0v) is 18.0. The van der Waals surface area contributed by atoms with E-state index >= 15 is 0 Å². The molecule has 27 heavy (non-hydrogen) atoms. The van der Waals surface area contributed by atoms with E-state index in [2.05, 4.69) is 33.0 Å². The number of amides is 1. The molecule has 8 saturated carbocycles. The van der Waals surface area contributed by atoms with E-state index in [-0.39, 0.29) is 11.0 Å². The average molecular weight is 370 g/mol. The van der Waals surface area contributed by atoms with E-state index in [0.29, 0.717) is 27.6 Å². The summed E-state index contributed by atoms with van der Waals surface area (Å²) in [6.07, 6.45) is 15.5. The molecule has 0 aromatic rings. The van der Waals surface area contributed by atoms with Crippen molar-refractivity contribution in [3.63, 3.8) is 0 Å². The highest BCUT2D eigenvalue weighted by Gasteiger charge is 2.65. The van der Waals surface area contributed by atoms with Gasteiger partial charge in [-0.3, -0.25) is 4.79 Å². The molecular formula is C25H39NO. The number of hydrogen-bond donors (Lipinski definition) is 1. The first-order chi connectivity index (χ1) is 12.4. The van der Waals surface area contributed by atoms with Gasteiger partial charge in [-0.05, 0) is 111 Å². The average Bonchev–Trinajstić information content (AvgIpc) is 2.38. The Bertz CT molecular complexity index is 688. The minimum absolute atomic E-state index is 0.0476. The SMILES string of the molecule is CC12CC3CC(C)(C1)CC(NC(=O)C14CC5CC(C)(CC(C)(C5)C1)C4)(C3)C2. The van der Waals surface area contributed by atoms with Crippen LogP contribution in [0.5, 0.6) is 0 Å². The predicted molar refractivity (Wildman–Crippen MR) is 108 cm³/mol. The Morgan fingerprint density at radius 1 is 0.630 bits per heavy atom. The third-order valence-corrected chi connectivity index (χ3v) is 10.1. The van der Waals surface area contributed by atoms with E-state index < -0.39 is 0 Å². The van der Waals surface area contributed by atoms with E-state index in [1.165, 1.54) is 64.2 Å². The van der Waals surface area contributed by atoms with Crippen LogP contribution in [0.4, 0.5) is 0 Å². The normalized spacial score (nSPS) is 62.8. The van der Waals surface area contributed by atoms with Crippen LogP contribution in [-0.2, 0) is 4.79 Å². The largest absolute Gasteiger partial charge is 0.350 e. The van der Waals surface area contributed by atoms with Gasteiger partial charge in [0.15, 0.2) is 0 Å². The van der Waals surface area contributed by atoms with Gasteiger partial charge in [-0.25, -0.2) is 0 Å². The van der Waals surface area contributed by atoms with Gasteiger partial charge in [0.05, 0.1) is 5.41 Å². The van der Waals surface area contributed by atoms with E-state index in [0.717, 1.165) is 24.7 Å². The molecule has 8 aliphatic rings. The van der Waals surface area contributed by atoms with Crippen LogP contribution >= 0.6 is 0 Å². The first-order valence-corrected chi connectivity index (χ1v) is 11.8. The molecule has 4 unspecified atom stereocenters. The number of rotatable bonds is 2. The van der Waals surface area contributed by atoms with Gasteiger partial charge in [-0.1, -0.05) is 27.7 Å². The summed E-state index contributed by atoms with van der Waals surface area (Å²) >= 11 is 0. The Kier molecular flexibility index (Phi) is 2.97. The predicted octanol–water partition coefficient (Wildman–Crippen LogP) is 5.85. The lowest BCUT2D eigenvalue weighted by molar-refractivity contribution is -0.178. The maximum absolute atomic E-state index is 14.0. The van der Waals surface area contributed by atoms with E-state index in [9.17, 15) is 4.79 Å². The minimum Gasteiger partial charge on any atom is -0.350 e. The molecule has 0 aromatic carbocycles. The van der Waals surface area contributed by atoms with E-state index in [1.807, 2.05) is 0 Å². The van der Waals surface area contributed by atoms with Gasteiger partial charge in [-0.15, -0.1) is 0 Å². The summed E-state index contributed by atoms with van der Waals surface area (Å²) < 4.78 is 0. The molecule has 0 spiro atoms. The molecular weight excluding hydrogens is 330 g/mol. The van der Waals surface area contributed by atoms with Gasteiger partial charge in [0.25, 0.3) is 0 Å². The minimum atomic E-state index is -0.0476. The van der Waals surface area contributed by atoms with Crippen LogP contribution in [0, 0.1) is 38.9 Å². The monoisotopic (exact) mass is 369 g/mol. The smallest absolute Gasteiger partial charge is 0.226 e. The highest BCUT2D eigenvalue weighted by Crippen LogP contribution is 2.70. The third-order valence-electron chi connectivity index (χ3n) is 10.1. The molecule has 8 aliphatic carbocycles. The van der Waals surface area contributed by atoms with E-state index in [1.54, 1.807) is 0 Å². The summed E-state index contributed by atoms with van der Waals surface area (Å²) in [6, 6.07) is 0. The summed E-state index contributed by atoms with van der Waals surface area (Å²) in [7, 11) is 0. The van der Waals surface area contributed by atoms with Crippen molar-refractivity contribution >= 4 is 5.91 Å². The molecule has 4 atom stereocenters. The van der Waals surface area contributed by atoms with Crippen molar-refractivity contribution in [1.29, 1.82) is 0 Å². The molecule has 8 bridgehead atoms. The van der Waals surface area contributed by atoms with Crippen molar-refractivity contribution in [3.8, 4) is 0 Å². The number of nitrogens with one attached hydrogen (secondary N) is 1. The van der Waals surface area contributed by atoms with Crippen LogP contribution in [0.25, 0.3) is 0 Å². The fraction of sp³-hybridized carbons (Fsp3) is 0.960. The lowest BCUT2D eigenvalue weighted by Crippen LogP contribution is -2.68. The molecule has 2 heteroatoms. The van der Waals surface area contributed by atoms with Crippen LogP contribution in [0.1, 0.15) is 105 Å². The maximum Gasteiger partial charge on any atom is 0.226 e. The molecule has 0 heterocycles. The van der Waals surface area contributed by atoms with Crippen molar-refractivity contribution in [3.05, 3.63) is 0 Å². The first kappa shape index (κ1) is 17.3.